The molecule has 0 saturated carbocycles. The maximum Gasteiger partial charge on any atom is 0.443 e. The summed E-state index contributed by atoms with van der Waals surface area (Å²) >= 11 is 0. The van der Waals surface area contributed by atoms with Crippen LogP contribution in [0.4, 0.5) is 79.0 Å². The lowest BCUT2D eigenvalue weighted by atomic mass is 10.1. The number of hydrogen-bond acceptors (Lipinski definition) is 1. The summed E-state index contributed by atoms with van der Waals surface area (Å²) in [5.41, 5.74) is -4.70. The molecule has 1 heterocycles. The minimum atomic E-state index is -6.31. The van der Waals surface area contributed by atoms with Crippen LogP contribution in [0.3, 0.4) is 0 Å². The molecule has 0 unspecified atom stereocenters. The highest BCUT2D eigenvalue weighted by molar-refractivity contribution is 6.16. The van der Waals surface area contributed by atoms with Crippen LogP contribution in [0.15, 0.2) is 4.42 Å². The Kier molecular flexibility index (Phi) is 6.27. The van der Waals surface area contributed by atoms with Gasteiger partial charge in [0, 0.05) is 10.8 Å². The van der Waals surface area contributed by atoms with E-state index in [0.29, 0.717) is 0 Å². The molecule has 0 radical (unpaired) electrons. The maximum absolute atomic E-state index is 15.1. The number of hydrogen-bond donors (Lipinski definition) is 0. The molecule has 4 aromatic rings. The SMILES string of the molecule is F/C(=c1\c(F)c2oc3c(F)/c(=C(/F)C(F)(F)F)c(F)c3c3c(F)/c(=C(/F)C(F)(F)F)c(F)c3c2c1F)C(F)(F)F. The van der Waals surface area contributed by atoms with E-state index in [9.17, 15) is 70.2 Å². The van der Waals surface area contributed by atoms with Gasteiger partial charge in [0.05, 0.1) is 26.4 Å². The standard InChI is InChI=1S/C21F18O/c22-8-1-2(9(23)5(8)16(28)19(31,32)33)4-11(25)7(18(30)21(37,38)39)13(27)15(4)40-14-3(1)10(24)6(12(14)26)17(29)20(34,35)36/b16-5-,17-6+,18-7-. The minimum absolute atomic E-state index is 2.28. The number of rotatable bonds is 0. The highest BCUT2D eigenvalue weighted by atomic mass is 19.4. The average molecular weight is 610 g/mol. The van der Waals surface area contributed by atoms with Crippen molar-refractivity contribution in [3.63, 3.8) is 0 Å². The van der Waals surface area contributed by atoms with E-state index >= 15 is 8.78 Å². The molecule has 0 fully saturated rings. The lowest BCUT2D eigenvalue weighted by Crippen LogP contribution is -2.21. The fraction of sp³-hybridized carbons (Fsp3) is 0.143. The smallest absolute Gasteiger partial charge is 0.443 e. The molecule has 3 aromatic carbocycles. The highest BCUT2D eigenvalue weighted by Crippen LogP contribution is 2.40. The molecule has 0 aliphatic heterocycles. The molecule has 1 nitrogen and oxygen atoms in total. The number of fused-ring (bicyclic) bond motifs is 5. The predicted molar refractivity (Wildman–Crippen MR) is 97.2 cm³/mol. The Morgan fingerprint density at radius 2 is 0.600 bits per heavy atom. The molecule has 0 spiro atoms. The van der Waals surface area contributed by atoms with E-state index < -0.39 is 119 Å². The van der Waals surface area contributed by atoms with Gasteiger partial charge in [0.25, 0.3) is 0 Å². The van der Waals surface area contributed by atoms with E-state index in [0.717, 1.165) is 0 Å². The van der Waals surface area contributed by atoms with Gasteiger partial charge in [-0.15, -0.1) is 0 Å². The highest BCUT2D eigenvalue weighted by Gasteiger charge is 2.43. The summed E-state index contributed by atoms with van der Waals surface area (Å²) in [5.74, 6) is -28.7. The van der Waals surface area contributed by atoms with Crippen molar-refractivity contribution >= 4 is 50.2 Å². The first-order chi connectivity index (χ1) is 18.0. The molecule has 0 bridgehead atoms. The van der Waals surface area contributed by atoms with E-state index in [1.54, 1.807) is 0 Å². The fourth-order valence-corrected chi connectivity index (χ4v) is 3.87. The van der Waals surface area contributed by atoms with Crippen LogP contribution in [0, 0.1) is 34.9 Å². The predicted octanol–water partition coefficient (Wildman–Crippen LogP) is 7.21. The Hall–Kier alpha value is -3.80. The normalized spacial score (nSPS) is 15.9. The first kappa shape index (κ1) is 29.2. The van der Waals surface area contributed by atoms with Crippen LogP contribution >= 0.6 is 0 Å². The van der Waals surface area contributed by atoms with Crippen molar-refractivity contribution < 1.29 is 83.4 Å². The van der Waals surface area contributed by atoms with E-state index in [4.69, 9.17) is 0 Å². The molecular weight excluding hydrogens is 610 g/mol. The summed E-state index contributed by atoms with van der Waals surface area (Å²) in [6.45, 7) is 0. The van der Waals surface area contributed by atoms with E-state index in [2.05, 4.69) is 4.42 Å². The van der Waals surface area contributed by atoms with E-state index in [1.165, 1.54) is 0 Å². The lowest BCUT2D eigenvalue weighted by molar-refractivity contribution is -0.0830. The second kappa shape index (κ2) is 8.60. The van der Waals surface area contributed by atoms with Crippen LogP contribution in [0.25, 0.3) is 50.2 Å². The summed E-state index contributed by atoms with van der Waals surface area (Å²) in [5, 5.41) is -17.8. The van der Waals surface area contributed by atoms with Gasteiger partial charge in [0.15, 0.2) is 22.8 Å². The van der Waals surface area contributed by atoms with Crippen LogP contribution in [-0.4, -0.2) is 18.5 Å². The first-order valence-corrected chi connectivity index (χ1v) is 9.56. The molecule has 0 saturated heterocycles. The van der Waals surface area contributed by atoms with Crippen molar-refractivity contribution in [1.29, 1.82) is 0 Å². The molecule has 19 heteroatoms. The Labute approximate surface area is 203 Å². The first-order valence-electron chi connectivity index (χ1n) is 9.56. The summed E-state index contributed by atoms with van der Waals surface area (Å²) in [4.78, 5) is 0. The zero-order valence-corrected chi connectivity index (χ0v) is 17.7. The molecule has 216 valence electrons. The van der Waals surface area contributed by atoms with Crippen LogP contribution in [0.2, 0.25) is 0 Å². The van der Waals surface area contributed by atoms with Crippen LogP contribution < -0.4 is 15.7 Å². The number of alkyl halides is 9. The Balaban J connectivity index is 2.61. The van der Waals surface area contributed by atoms with Gasteiger partial charge >= 0.3 is 18.5 Å². The van der Waals surface area contributed by atoms with Crippen LogP contribution in [0.1, 0.15) is 0 Å². The molecule has 4 rings (SSSR count). The Morgan fingerprint density at radius 3 is 0.850 bits per heavy atom. The third-order valence-corrected chi connectivity index (χ3v) is 5.41. The van der Waals surface area contributed by atoms with Crippen LogP contribution in [0.5, 0.6) is 0 Å². The molecule has 0 N–H and O–H groups in total. The van der Waals surface area contributed by atoms with Crippen molar-refractivity contribution in [2.45, 2.75) is 18.5 Å². The average Bonchev–Trinajstić information content (AvgIpc) is 3.22. The molecule has 0 atom stereocenters. The third kappa shape index (κ3) is 3.91. The summed E-state index contributed by atoms with van der Waals surface area (Å²) in [6.07, 6.45) is -18.8. The van der Waals surface area contributed by atoms with Gasteiger partial charge in [0.1, 0.15) is 23.3 Å². The topological polar surface area (TPSA) is 13.1 Å². The monoisotopic (exact) mass is 610 g/mol. The van der Waals surface area contributed by atoms with Gasteiger partial charge < -0.3 is 4.42 Å². The molecule has 0 amide bonds. The van der Waals surface area contributed by atoms with E-state index in [-0.39, 0.29) is 0 Å². The molecule has 40 heavy (non-hydrogen) atoms. The van der Waals surface area contributed by atoms with Crippen molar-refractivity contribution in [2.24, 2.45) is 0 Å². The van der Waals surface area contributed by atoms with Gasteiger partial charge in [-0.2, -0.15) is 39.5 Å². The Bertz CT molecular complexity index is 1810. The zero-order chi connectivity index (χ0) is 30.6. The zero-order valence-electron chi connectivity index (χ0n) is 17.7. The largest absolute Gasteiger partial charge is 0.450 e. The molecule has 0 aliphatic rings. The van der Waals surface area contributed by atoms with Crippen molar-refractivity contribution in [2.75, 3.05) is 0 Å². The van der Waals surface area contributed by atoms with Gasteiger partial charge in [-0.1, -0.05) is 0 Å². The van der Waals surface area contributed by atoms with E-state index in [1.807, 2.05) is 0 Å². The summed E-state index contributed by atoms with van der Waals surface area (Å²) in [7, 11) is 0. The maximum atomic E-state index is 15.1. The summed E-state index contributed by atoms with van der Waals surface area (Å²) < 4.78 is 251. The van der Waals surface area contributed by atoms with Gasteiger partial charge in [0.2, 0.25) is 17.5 Å². The molecule has 0 aliphatic carbocycles. The number of halogens is 18. The quantitative estimate of drug-likeness (QED) is 0.192. The van der Waals surface area contributed by atoms with Crippen molar-refractivity contribution in [3.05, 3.63) is 50.6 Å². The van der Waals surface area contributed by atoms with Crippen molar-refractivity contribution in [1.82, 2.24) is 0 Å². The molecule has 1 aromatic heterocycles. The fourth-order valence-electron chi connectivity index (χ4n) is 3.87. The lowest BCUT2D eigenvalue weighted by Gasteiger charge is -2.01. The molecular formula is C21F18O. The van der Waals surface area contributed by atoms with Gasteiger partial charge in [-0.3, -0.25) is 0 Å². The van der Waals surface area contributed by atoms with Crippen molar-refractivity contribution in [3.8, 4) is 0 Å². The second-order valence-corrected chi connectivity index (χ2v) is 7.70. The Morgan fingerprint density at radius 1 is 0.375 bits per heavy atom. The van der Waals surface area contributed by atoms with Crippen LogP contribution in [-0.2, 0) is 0 Å². The minimum Gasteiger partial charge on any atom is -0.450 e. The van der Waals surface area contributed by atoms with Gasteiger partial charge in [-0.25, -0.2) is 39.5 Å². The summed E-state index contributed by atoms with van der Waals surface area (Å²) in [6, 6.07) is 0. The van der Waals surface area contributed by atoms with Gasteiger partial charge in [-0.05, 0) is 0 Å². The third-order valence-electron chi connectivity index (χ3n) is 5.41. The second-order valence-electron chi connectivity index (χ2n) is 7.70.